The first-order valence-electron chi connectivity index (χ1n) is 7.11. The molecule has 1 fully saturated rings. The Balaban J connectivity index is 1.79. The van der Waals surface area contributed by atoms with Gasteiger partial charge in [-0.3, -0.25) is 9.69 Å². The molecule has 1 aromatic rings. The van der Waals surface area contributed by atoms with Gasteiger partial charge in [-0.15, -0.1) is 11.3 Å². The lowest BCUT2D eigenvalue weighted by molar-refractivity contribution is -0.127. The maximum Gasteiger partial charge on any atom is 0.223 e. The number of carbonyl (C=O) groups is 1. The number of amides is 1. The standard InChI is InChI=1S/C15H23BrN2OS/c1-15(2,3)17-14(19)11-4-6-18(7-5-11)9-13-8-12(16)10-20-13/h8,10-11H,4-7,9H2,1-3H3,(H,17,19). The average molecular weight is 359 g/mol. The molecule has 20 heavy (non-hydrogen) atoms. The first-order chi connectivity index (χ1) is 9.33. The molecule has 1 aliphatic rings. The van der Waals surface area contributed by atoms with Crippen LogP contribution >= 0.6 is 27.3 Å². The van der Waals surface area contributed by atoms with E-state index in [1.54, 1.807) is 11.3 Å². The maximum atomic E-state index is 12.1. The summed E-state index contributed by atoms with van der Waals surface area (Å²) in [7, 11) is 0. The van der Waals surface area contributed by atoms with E-state index < -0.39 is 0 Å². The van der Waals surface area contributed by atoms with Crippen molar-refractivity contribution in [1.82, 2.24) is 10.2 Å². The minimum Gasteiger partial charge on any atom is -0.351 e. The van der Waals surface area contributed by atoms with Gasteiger partial charge in [-0.05, 0) is 68.7 Å². The number of nitrogens with one attached hydrogen (secondary N) is 1. The molecule has 1 aromatic heterocycles. The zero-order valence-electron chi connectivity index (χ0n) is 12.4. The molecule has 112 valence electrons. The zero-order chi connectivity index (χ0) is 14.8. The van der Waals surface area contributed by atoms with Crippen molar-refractivity contribution >= 4 is 33.2 Å². The lowest BCUT2D eigenvalue weighted by atomic mass is 9.94. The van der Waals surface area contributed by atoms with Crippen LogP contribution in [0.5, 0.6) is 0 Å². The Labute approximate surface area is 133 Å². The fraction of sp³-hybridized carbons (Fsp3) is 0.667. The van der Waals surface area contributed by atoms with E-state index in [1.807, 2.05) is 20.8 Å². The fourth-order valence-electron chi connectivity index (χ4n) is 2.48. The van der Waals surface area contributed by atoms with Crippen molar-refractivity contribution in [3.8, 4) is 0 Å². The van der Waals surface area contributed by atoms with Gasteiger partial charge in [0.2, 0.25) is 5.91 Å². The number of likely N-dealkylation sites (tertiary alicyclic amines) is 1. The van der Waals surface area contributed by atoms with E-state index in [1.165, 1.54) is 4.88 Å². The van der Waals surface area contributed by atoms with Crippen LogP contribution in [0.25, 0.3) is 0 Å². The minimum atomic E-state index is -0.128. The van der Waals surface area contributed by atoms with Crippen LogP contribution in [0, 0.1) is 5.92 Å². The quantitative estimate of drug-likeness (QED) is 0.894. The smallest absolute Gasteiger partial charge is 0.223 e. The second-order valence-electron chi connectivity index (χ2n) is 6.52. The van der Waals surface area contributed by atoms with E-state index in [0.717, 1.165) is 36.9 Å². The van der Waals surface area contributed by atoms with Crippen LogP contribution in [0.15, 0.2) is 15.9 Å². The van der Waals surface area contributed by atoms with Crippen molar-refractivity contribution in [2.75, 3.05) is 13.1 Å². The van der Waals surface area contributed by atoms with Crippen molar-refractivity contribution < 1.29 is 4.79 Å². The molecule has 0 unspecified atom stereocenters. The fourth-order valence-corrected chi connectivity index (χ4v) is 3.97. The Hall–Kier alpha value is -0.390. The Bertz CT molecular complexity index is 459. The van der Waals surface area contributed by atoms with Crippen LogP contribution in [0.4, 0.5) is 0 Å². The van der Waals surface area contributed by atoms with E-state index in [9.17, 15) is 4.79 Å². The van der Waals surface area contributed by atoms with E-state index >= 15 is 0 Å². The van der Waals surface area contributed by atoms with Gasteiger partial charge in [0.05, 0.1) is 0 Å². The van der Waals surface area contributed by atoms with Gasteiger partial charge in [-0.25, -0.2) is 0 Å². The molecule has 1 aliphatic heterocycles. The molecule has 0 atom stereocenters. The molecule has 0 radical (unpaired) electrons. The second kappa shape index (κ2) is 6.58. The molecule has 1 N–H and O–H groups in total. The van der Waals surface area contributed by atoms with E-state index in [4.69, 9.17) is 0 Å². The van der Waals surface area contributed by atoms with Crippen LogP contribution in [-0.2, 0) is 11.3 Å². The molecule has 2 rings (SSSR count). The Morgan fingerprint density at radius 3 is 2.60 bits per heavy atom. The van der Waals surface area contributed by atoms with E-state index in [-0.39, 0.29) is 17.4 Å². The van der Waals surface area contributed by atoms with Gasteiger partial charge in [-0.1, -0.05) is 0 Å². The van der Waals surface area contributed by atoms with E-state index in [0.29, 0.717) is 0 Å². The minimum absolute atomic E-state index is 0.128. The van der Waals surface area contributed by atoms with Gasteiger partial charge >= 0.3 is 0 Å². The summed E-state index contributed by atoms with van der Waals surface area (Å²) in [6.45, 7) is 9.14. The first kappa shape index (κ1) is 16.0. The Kier molecular flexibility index (Phi) is 5.26. The Morgan fingerprint density at radius 2 is 2.10 bits per heavy atom. The van der Waals surface area contributed by atoms with Crippen LogP contribution in [-0.4, -0.2) is 29.4 Å². The molecule has 0 aliphatic carbocycles. The predicted octanol–water partition coefficient (Wildman–Crippen LogP) is 3.64. The normalized spacial score (nSPS) is 18.2. The third kappa shape index (κ3) is 4.86. The summed E-state index contributed by atoms with van der Waals surface area (Å²) in [6, 6.07) is 2.18. The lowest BCUT2D eigenvalue weighted by Gasteiger charge is -2.32. The number of thiophene rings is 1. The van der Waals surface area contributed by atoms with Crippen molar-refractivity contribution in [3.05, 3.63) is 20.8 Å². The molecule has 0 spiro atoms. The molecule has 0 saturated carbocycles. The van der Waals surface area contributed by atoms with Crippen molar-refractivity contribution in [2.45, 2.75) is 45.7 Å². The van der Waals surface area contributed by atoms with Crippen LogP contribution < -0.4 is 5.32 Å². The molecule has 5 heteroatoms. The summed E-state index contributed by atoms with van der Waals surface area (Å²) in [5, 5.41) is 5.22. The average Bonchev–Trinajstić information content (AvgIpc) is 2.73. The molecule has 1 amide bonds. The Morgan fingerprint density at radius 1 is 1.45 bits per heavy atom. The number of halogens is 1. The lowest BCUT2D eigenvalue weighted by Crippen LogP contribution is -2.46. The van der Waals surface area contributed by atoms with Gasteiger partial charge in [-0.2, -0.15) is 0 Å². The highest BCUT2D eigenvalue weighted by Gasteiger charge is 2.27. The number of carbonyl (C=O) groups excluding carboxylic acids is 1. The molecular formula is C15H23BrN2OS. The van der Waals surface area contributed by atoms with Crippen LogP contribution in [0.2, 0.25) is 0 Å². The summed E-state index contributed by atoms with van der Waals surface area (Å²) in [4.78, 5) is 16.0. The van der Waals surface area contributed by atoms with E-state index in [2.05, 4.69) is 37.6 Å². The van der Waals surface area contributed by atoms with Gasteiger partial charge in [0.1, 0.15) is 0 Å². The van der Waals surface area contributed by atoms with Gasteiger partial charge in [0, 0.05) is 32.7 Å². The second-order valence-corrected chi connectivity index (χ2v) is 8.43. The van der Waals surface area contributed by atoms with Gasteiger partial charge < -0.3 is 5.32 Å². The first-order valence-corrected chi connectivity index (χ1v) is 8.78. The van der Waals surface area contributed by atoms with Crippen molar-refractivity contribution in [1.29, 1.82) is 0 Å². The highest BCUT2D eigenvalue weighted by Crippen LogP contribution is 2.24. The van der Waals surface area contributed by atoms with Crippen LogP contribution in [0.1, 0.15) is 38.5 Å². The summed E-state index contributed by atoms with van der Waals surface area (Å²) in [6.07, 6.45) is 1.93. The summed E-state index contributed by atoms with van der Waals surface area (Å²) < 4.78 is 1.16. The molecule has 0 bridgehead atoms. The highest BCUT2D eigenvalue weighted by atomic mass is 79.9. The number of piperidine rings is 1. The summed E-state index contributed by atoms with van der Waals surface area (Å²) in [5.74, 6) is 0.400. The molecule has 3 nitrogen and oxygen atoms in total. The maximum absolute atomic E-state index is 12.1. The molecular weight excluding hydrogens is 336 g/mol. The molecule has 1 saturated heterocycles. The number of rotatable bonds is 3. The summed E-state index contributed by atoms with van der Waals surface area (Å²) >= 11 is 5.28. The third-order valence-electron chi connectivity index (χ3n) is 3.46. The number of hydrogen-bond acceptors (Lipinski definition) is 3. The van der Waals surface area contributed by atoms with Gasteiger partial charge in [0.25, 0.3) is 0 Å². The largest absolute Gasteiger partial charge is 0.351 e. The number of hydrogen-bond donors (Lipinski definition) is 1. The highest BCUT2D eigenvalue weighted by molar-refractivity contribution is 9.10. The van der Waals surface area contributed by atoms with Crippen LogP contribution in [0.3, 0.4) is 0 Å². The SMILES string of the molecule is CC(C)(C)NC(=O)C1CCN(Cc2cc(Br)cs2)CC1. The third-order valence-corrected chi connectivity index (χ3v) is 5.14. The van der Waals surface area contributed by atoms with Gasteiger partial charge in [0.15, 0.2) is 0 Å². The molecule has 0 aromatic carbocycles. The monoisotopic (exact) mass is 358 g/mol. The predicted molar refractivity (Wildman–Crippen MR) is 87.9 cm³/mol. The molecule has 2 heterocycles. The van der Waals surface area contributed by atoms with Crippen molar-refractivity contribution in [2.24, 2.45) is 5.92 Å². The number of nitrogens with zero attached hydrogens (tertiary/aromatic N) is 1. The zero-order valence-corrected chi connectivity index (χ0v) is 14.8. The van der Waals surface area contributed by atoms with Crippen molar-refractivity contribution in [3.63, 3.8) is 0 Å². The summed E-state index contributed by atoms with van der Waals surface area (Å²) in [5.41, 5.74) is -0.128. The topological polar surface area (TPSA) is 32.3 Å².